The second-order valence-electron chi connectivity index (χ2n) is 10.5. The maximum atomic E-state index is 6.92. The molecular formula is C31H52O7. The molecule has 2 aliphatic rings. The third-order valence-corrected chi connectivity index (χ3v) is 7.40. The van der Waals surface area contributed by atoms with E-state index < -0.39 is 11.9 Å². The lowest BCUT2D eigenvalue weighted by atomic mass is 9.86. The monoisotopic (exact) mass is 536 g/mol. The van der Waals surface area contributed by atoms with Crippen LogP contribution in [0, 0.1) is 0 Å². The van der Waals surface area contributed by atoms with Crippen LogP contribution in [0.1, 0.15) is 91.0 Å². The number of hydrogen-bond acceptors (Lipinski definition) is 7. The zero-order valence-electron chi connectivity index (χ0n) is 24.5. The van der Waals surface area contributed by atoms with Crippen molar-refractivity contribution >= 4 is 0 Å². The molecule has 1 spiro atoms. The average molecular weight is 537 g/mol. The molecular weight excluding hydrogens is 484 g/mol. The van der Waals surface area contributed by atoms with Crippen molar-refractivity contribution in [3.8, 4) is 11.5 Å². The summed E-state index contributed by atoms with van der Waals surface area (Å²) in [5, 5.41) is 0. The van der Waals surface area contributed by atoms with Crippen LogP contribution in [-0.4, -0.2) is 70.3 Å². The highest BCUT2D eigenvalue weighted by molar-refractivity contribution is 5.42. The zero-order valence-corrected chi connectivity index (χ0v) is 24.5. The fraction of sp³-hybridized carbons (Fsp3) is 0.806. The Morgan fingerprint density at radius 1 is 0.816 bits per heavy atom. The van der Waals surface area contributed by atoms with Crippen LogP contribution in [0.2, 0.25) is 0 Å². The number of benzene rings is 1. The molecule has 1 aromatic rings. The summed E-state index contributed by atoms with van der Waals surface area (Å²) in [6, 6.07) is 5.96. The Kier molecular flexibility index (Phi) is 13.7. The van der Waals surface area contributed by atoms with Crippen LogP contribution in [0.4, 0.5) is 0 Å². The molecule has 0 bridgehead atoms. The van der Waals surface area contributed by atoms with E-state index >= 15 is 0 Å². The van der Waals surface area contributed by atoms with Gasteiger partial charge in [-0.15, -0.1) is 0 Å². The molecule has 0 radical (unpaired) electrons. The Hall–Kier alpha value is -1.38. The lowest BCUT2D eigenvalue weighted by Crippen LogP contribution is -2.70. The van der Waals surface area contributed by atoms with Crippen LogP contribution in [0.15, 0.2) is 18.2 Å². The second-order valence-corrected chi connectivity index (χ2v) is 10.5. The number of ether oxygens (including phenoxy) is 7. The molecule has 0 aliphatic carbocycles. The molecule has 2 heterocycles. The first-order valence-electron chi connectivity index (χ1n) is 15.1. The minimum Gasteiger partial charge on any atom is -0.497 e. The molecule has 1 fully saturated rings. The summed E-state index contributed by atoms with van der Waals surface area (Å²) in [4.78, 5) is 0. The van der Waals surface area contributed by atoms with E-state index in [0.29, 0.717) is 39.5 Å². The number of unbranched alkanes of at least 4 members (excludes halogenated alkanes) is 4. The van der Waals surface area contributed by atoms with Crippen molar-refractivity contribution in [1.29, 1.82) is 0 Å². The normalized spacial score (nSPS) is 26.8. The number of aryl methyl sites for hydroxylation is 1. The topological polar surface area (TPSA) is 64.6 Å². The largest absolute Gasteiger partial charge is 0.497 e. The molecule has 7 nitrogen and oxygen atoms in total. The van der Waals surface area contributed by atoms with Gasteiger partial charge < -0.3 is 33.2 Å². The fourth-order valence-corrected chi connectivity index (χ4v) is 5.09. The predicted octanol–water partition coefficient (Wildman–Crippen LogP) is 6.49. The van der Waals surface area contributed by atoms with Crippen LogP contribution >= 0.6 is 0 Å². The van der Waals surface area contributed by atoms with Crippen molar-refractivity contribution in [3.63, 3.8) is 0 Å². The molecule has 218 valence electrons. The second kappa shape index (κ2) is 16.7. The van der Waals surface area contributed by atoms with Crippen molar-refractivity contribution < 1.29 is 33.2 Å². The van der Waals surface area contributed by atoms with Gasteiger partial charge in [-0.25, -0.2) is 0 Å². The molecule has 1 aromatic carbocycles. The Labute approximate surface area is 230 Å². The maximum absolute atomic E-state index is 6.92. The van der Waals surface area contributed by atoms with E-state index in [9.17, 15) is 0 Å². The Morgan fingerprint density at radius 3 is 2.11 bits per heavy atom. The molecule has 7 heteroatoms. The summed E-state index contributed by atoms with van der Waals surface area (Å²) in [5.74, 6) is 0.663. The molecule has 0 amide bonds. The van der Waals surface area contributed by atoms with Crippen LogP contribution < -0.4 is 9.47 Å². The first kappa shape index (κ1) is 31.2. The molecule has 0 saturated carbocycles. The highest BCUT2D eigenvalue weighted by atomic mass is 16.7. The zero-order chi connectivity index (χ0) is 27.2. The molecule has 2 aliphatic heterocycles. The number of fused-ring (bicyclic) bond motifs is 1. The molecule has 0 N–H and O–H groups in total. The van der Waals surface area contributed by atoms with Crippen molar-refractivity contribution in [2.45, 2.75) is 122 Å². The van der Waals surface area contributed by atoms with Crippen LogP contribution in [0.25, 0.3) is 0 Å². The summed E-state index contributed by atoms with van der Waals surface area (Å²) < 4.78 is 45.1. The molecule has 3 rings (SSSR count). The van der Waals surface area contributed by atoms with Gasteiger partial charge in [-0.3, -0.25) is 0 Å². The minimum atomic E-state index is -0.977. The quantitative estimate of drug-likeness (QED) is 0.199. The van der Waals surface area contributed by atoms with Gasteiger partial charge in [0.2, 0.25) is 5.79 Å². The predicted molar refractivity (Wildman–Crippen MR) is 149 cm³/mol. The van der Waals surface area contributed by atoms with Gasteiger partial charge in [0, 0.05) is 32.8 Å². The number of hydrogen-bond donors (Lipinski definition) is 0. The Morgan fingerprint density at radius 2 is 1.45 bits per heavy atom. The van der Waals surface area contributed by atoms with Gasteiger partial charge in [0.1, 0.15) is 29.8 Å². The summed E-state index contributed by atoms with van der Waals surface area (Å²) in [6.45, 7) is 11.8. The molecule has 0 aromatic heterocycles. The third-order valence-electron chi connectivity index (χ3n) is 7.40. The first-order chi connectivity index (χ1) is 18.6. The van der Waals surface area contributed by atoms with Crippen molar-refractivity contribution in [1.82, 2.24) is 0 Å². The average Bonchev–Trinajstić information content (AvgIpc) is 2.93. The molecule has 5 atom stereocenters. The smallest absolute Gasteiger partial charge is 0.240 e. The number of rotatable bonds is 18. The van der Waals surface area contributed by atoms with E-state index in [2.05, 4.69) is 33.8 Å². The Bertz CT molecular complexity index is 787. The van der Waals surface area contributed by atoms with Crippen molar-refractivity contribution in [3.05, 3.63) is 23.8 Å². The van der Waals surface area contributed by atoms with Crippen molar-refractivity contribution in [2.24, 2.45) is 0 Å². The lowest BCUT2D eigenvalue weighted by molar-refractivity contribution is -0.360. The molecule has 1 saturated heterocycles. The van der Waals surface area contributed by atoms with E-state index in [1.165, 1.54) is 0 Å². The van der Waals surface area contributed by atoms with Gasteiger partial charge in [-0.2, -0.15) is 0 Å². The van der Waals surface area contributed by atoms with Crippen LogP contribution in [-0.2, 0) is 30.1 Å². The van der Waals surface area contributed by atoms with Gasteiger partial charge >= 0.3 is 0 Å². The minimum absolute atomic E-state index is 0.293. The highest BCUT2D eigenvalue weighted by Gasteiger charge is 2.59. The highest BCUT2D eigenvalue weighted by Crippen LogP contribution is 2.44. The van der Waals surface area contributed by atoms with E-state index in [4.69, 9.17) is 33.2 Å². The SMILES string of the molecule is CCCCOC[C@H]1O[C@@]2(CCc3cc(OC)ccc3O2)[C@@H](OCCCC)[C@@H](OCCCC)[C@@H]1OCCCC. The van der Waals surface area contributed by atoms with Gasteiger partial charge in [0.15, 0.2) is 6.10 Å². The standard InChI is InChI=1S/C31H52O7/c1-6-10-18-33-23-27-28(34-19-11-7-2)29(35-20-12-8-3)30(36-21-13-9-4)31(38-27)17-16-24-22-25(32-5)14-15-26(24)37-31/h14-15,22,27-30H,6-13,16-21,23H2,1-5H3/t27-,28-,29+,30+,31+/m1/s1. The van der Waals surface area contributed by atoms with Gasteiger partial charge in [0.25, 0.3) is 0 Å². The Balaban J connectivity index is 1.95. The summed E-state index contributed by atoms with van der Waals surface area (Å²) in [6.07, 6.45) is 8.33. The molecule has 38 heavy (non-hydrogen) atoms. The van der Waals surface area contributed by atoms with Crippen molar-refractivity contribution in [2.75, 3.05) is 40.1 Å². The number of methoxy groups -OCH3 is 1. The van der Waals surface area contributed by atoms with E-state index in [0.717, 1.165) is 74.8 Å². The fourth-order valence-electron chi connectivity index (χ4n) is 5.09. The van der Waals surface area contributed by atoms with E-state index in [1.54, 1.807) is 7.11 Å². The first-order valence-corrected chi connectivity index (χ1v) is 15.1. The van der Waals surface area contributed by atoms with Gasteiger partial charge in [0.05, 0.1) is 13.7 Å². The summed E-state index contributed by atoms with van der Waals surface area (Å²) >= 11 is 0. The van der Waals surface area contributed by atoms with Crippen LogP contribution in [0.5, 0.6) is 11.5 Å². The van der Waals surface area contributed by atoms with E-state index in [-0.39, 0.29) is 18.3 Å². The summed E-state index contributed by atoms with van der Waals surface area (Å²) in [7, 11) is 1.69. The van der Waals surface area contributed by atoms with Crippen LogP contribution in [0.3, 0.4) is 0 Å². The summed E-state index contributed by atoms with van der Waals surface area (Å²) in [5.41, 5.74) is 1.12. The van der Waals surface area contributed by atoms with E-state index in [1.807, 2.05) is 12.1 Å². The maximum Gasteiger partial charge on any atom is 0.240 e. The van der Waals surface area contributed by atoms with Gasteiger partial charge in [-0.05, 0) is 55.9 Å². The third kappa shape index (κ3) is 8.31. The van der Waals surface area contributed by atoms with Gasteiger partial charge in [-0.1, -0.05) is 53.4 Å². The lowest BCUT2D eigenvalue weighted by Gasteiger charge is -2.53. The molecule has 0 unspecified atom stereocenters.